The maximum Gasteiger partial charge on any atom is 0.329 e. The summed E-state index contributed by atoms with van der Waals surface area (Å²) in [6.45, 7) is 4.40. The average molecular weight is 404 g/mol. The van der Waals surface area contributed by atoms with E-state index in [0.717, 1.165) is 18.2 Å². The standard InChI is InChI=1S/C21H22F2N2O4/c1-12(2)19(25-20(27)14-5-7-15(22)8-6-14)21(28)29-11-18(26)24-16-9-4-13(3)17(23)10-16/h4-10,12,19H,11H2,1-3H3,(H,24,26)(H,25,27)/t19-/m0/s1. The van der Waals surface area contributed by atoms with Gasteiger partial charge in [-0.1, -0.05) is 19.9 Å². The quantitative estimate of drug-likeness (QED) is 0.694. The van der Waals surface area contributed by atoms with Crippen LogP contribution >= 0.6 is 0 Å². The van der Waals surface area contributed by atoms with Crippen molar-refractivity contribution in [1.29, 1.82) is 0 Å². The summed E-state index contributed by atoms with van der Waals surface area (Å²) in [5.74, 6) is -3.28. The van der Waals surface area contributed by atoms with Gasteiger partial charge in [-0.2, -0.15) is 0 Å². The Hall–Kier alpha value is -3.29. The lowest BCUT2D eigenvalue weighted by atomic mass is 10.0. The zero-order valence-electron chi connectivity index (χ0n) is 16.3. The molecule has 0 aliphatic carbocycles. The third-order valence-electron chi connectivity index (χ3n) is 4.11. The van der Waals surface area contributed by atoms with Gasteiger partial charge in [0.05, 0.1) is 0 Å². The second kappa shape index (κ2) is 9.77. The number of carbonyl (C=O) groups is 3. The first-order valence-electron chi connectivity index (χ1n) is 8.96. The van der Waals surface area contributed by atoms with Crippen LogP contribution in [0.3, 0.4) is 0 Å². The highest BCUT2D eigenvalue weighted by Crippen LogP contribution is 2.13. The number of aryl methyl sites for hydroxylation is 1. The first-order valence-corrected chi connectivity index (χ1v) is 8.96. The predicted octanol–water partition coefficient (Wildman–Crippen LogP) is 3.21. The zero-order valence-corrected chi connectivity index (χ0v) is 16.3. The van der Waals surface area contributed by atoms with Gasteiger partial charge < -0.3 is 15.4 Å². The molecule has 0 unspecified atom stereocenters. The van der Waals surface area contributed by atoms with Crippen LogP contribution in [0, 0.1) is 24.5 Å². The number of carbonyl (C=O) groups excluding carboxylic acids is 3. The van der Waals surface area contributed by atoms with Crippen molar-refractivity contribution in [2.24, 2.45) is 5.92 Å². The van der Waals surface area contributed by atoms with E-state index < -0.39 is 42.1 Å². The summed E-state index contributed by atoms with van der Waals surface area (Å²) >= 11 is 0. The second-order valence-corrected chi connectivity index (χ2v) is 6.82. The molecule has 0 spiro atoms. The van der Waals surface area contributed by atoms with Gasteiger partial charge in [0.25, 0.3) is 11.8 Å². The zero-order chi connectivity index (χ0) is 21.6. The number of esters is 1. The van der Waals surface area contributed by atoms with Crippen molar-refractivity contribution in [2.75, 3.05) is 11.9 Å². The lowest BCUT2D eigenvalue weighted by Gasteiger charge is -2.20. The number of anilines is 1. The number of amides is 2. The molecule has 0 fully saturated rings. The highest BCUT2D eigenvalue weighted by molar-refractivity contribution is 5.97. The Morgan fingerprint density at radius 2 is 1.69 bits per heavy atom. The van der Waals surface area contributed by atoms with E-state index in [4.69, 9.17) is 4.74 Å². The minimum atomic E-state index is -1.00. The molecular weight excluding hydrogens is 382 g/mol. The Bertz CT molecular complexity index is 898. The predicted molar refractivity (Wildman–Crippen MR) is 103 cm³/mol. The first-order chi connectivity index (χ1) is 13.7. The summed E-state index contributed by atoms with van der Waals surface area (Å²) in [6, 6.07) is 8.05. The van der Waals surface area contributed by atoms with Crippen molar-refractivity contribution in [3.8, 4) is 0 Å². The van der Waals surface area contributed by atoms with E-state index in [0.29, 0.717) is 5.56 Å². The number of benzene rings is 2. The highest BCUT2D eigenvalue weighted by atomic mass is 19.1. The van der Waals surface area contributed by atoms with Gasteiger partial charge in [0.2, 0.25) is 0 Å². The van der Waals surface area contributed by atoms with Crippen LogP contribution in [0.15, 0.2) is 42.5 Å². The molecule has 2 aromatic rings. The fourth-order valence-electron chi connectivity index (χ4n) is 2.42. The van der Waals surface area contributed by atoms with E-state index in [1.54, 1.807) is 20.8 Å². The van der Waals surface area contributed by atoms with E-state index in [1.807, 2.05) is 0 Å². The van der Waals surface area contributed by atoms with Gasteiger partial charge in [-0.3, -0.25) is 9.59 Å². The van der Waals surface area contributed by atoms with Crippen LogP contribution < -0.4 is 10.6 Å². The Balaban J connectivity index is 1.92. The Labute approximate surface area is 167 Å². The van der Waals surface area contributed by atoms with Gasteiger partial charge in [-0.15, -0.1) is 0 Å². The normalized spacial score (nSPS) is 11.7. The molecule has 29 heavy (non-hydrogen) atoms. The lowest BCUT2D eigenvalue weighted by molar-refractivity contribution is -0.150. The molecule has 2 N–H and O–H groups in total. The third-order valence-corrected chi connectivity index (χ3v) is 4.11. The summed E-state index contributed by atoms with van der Waals surface area (Å²) in [5, 5.41) is 4.95. The summed E-state index contributed by atoms with van der Waals surface area (Å²) in [6.07, 6.45) is 0. The summed E-state index contributed by atoms with van der Waals surface area (Å²) < 4.78 is 31.5. The van der Waals surface area contributed by atoms with Crippen molar-refractivity contribution in [1.82, 2.24) is 5.32 Å². The molecular formula is C21H22F2N2O4. The molecule has 2 rings (SSSR count). The number of nitrogens with one attached hydrogen (secondary N) is 2. The highest BCUT2D eigenvalue weighted by Gasteiger charge is 2.26. The molecule has 0 saturated heterocycles. The molecule has 8 heteroatoms. The van der Waals surface area contributed by atoms with Crippen molar-refractivity contribution < 1.29 is 27.9 Å². The Morgan fingerprint density at radius 1 is 1.03 bits per heavy atom. The van der Waals surface area contributed by atoms with E-state index in [-0.39, 0.29) is 17.2 Å². The van der Waals surface area contributed by atoms with Gasteiger partial charge in [0.1, 0.15) is 17.7 Å². The minimum absolute atomic E-state index is 0.184. The molecule has 0 heterocycles. The fraction of sp³-hybridized carbons (Fsp3) is 0.286. The van der Waals surface area contributed by atoms with Crippen LogP contribution in [0.25, 0.3) is 0 Å². The van der Waals surface area contributed by atoms with E-state index in [2.05, 4.69) is 10.6 Å². The van der Waals surface area contributed by atoms with Crippen LogP contribution in [-0.2, 0) is 14.3 Å². The second-order valence-electron chi connectivity index (χ2n) is 6.82. The molecule has 2 aromatic carbocycles. The van der Waals surface area contributed by atoms with Crippen LogP contribution in [0.4, 0.5) is 14.5 Å². The smallest absolute Gasteiger partial charge is 0.329 e. The molecule has 0 saturated carbocycles. The molecule has 6 nitrogen and oxygen atoms in total. The van der Waals surface area contributed by atoms with Gasteiger partial charge in [-0.05, 0) is 54.8 Å². The summed E-state index contributed by atoms with van der Waals surface area (Å²) in [4.78, 5) is 36.5. The van der Waals surface area contributed by atoms with E-state index in [1.165, 1.54) is 24.3 Å². The Morgan fingerprint density at radius 3 is 2.28 bits per heavy atom. The third kappa shape index (κ3) is 6.38. The monoisotopic (exact) mass is 404 g/mol. The number of hydrogen-bond donors (Lipinski definition) is 2. The lowest BCUT2D eigenvalue weighted by Crippen LogP contribution is -2.45. The number of ether oxygens (including phenoxy) is 1. The fourth-order valence-corrected chi connectivity index (χ4v) is 2.42. The van der Waals surface area contributed by atoms with Crippen LogP contribution in [0.1, 0.15) is 29.8 Å². The van der Waals surface area contributed by atoms with E-state index >= 15 is 0 Å². The molecule has 0 radical (unpaired) electrons. The summed E-state index contributed by atoms with van der Waals surface area (Å²) in [7, 11) is 0. The van der Waals surface area contributed by atoms with E-state index in [9.17, 15) is 23.2 Å². The molecule has 0 aliphatic heterocycles. The molecule has 0 aliphatic rings. The Kier molecular flexibility index (Phi) is 7.41. The van der Waals surface area contributed by atoms with Gasteiger partial charge in [-0.25, -0.2) is 13.6 Å². The molecule has 0 bridgehead atoms. The van der Waals surface area contributed by atoms with Gasteiger partial charge in [0, 0.05) is 11.3 Å². The van der Waals surface area contributed by atoms with Crippen molar-refractivity contribution >= 4 is 23.5 Å². The van der Waals surface area contributed by atoms with Crippen molar-refractivity contribution in [3.05, 3.63) is 65.2 Å². The summed E-state index contributed by atoms with van der Waals surface area (Å²) in [5.41, 5.74) is 0.856. The molecule has 154 valence electrons. The van der Waals surface area contributed by atoms with Crippen LogP contribution in [0.5, 0.6) is 0 Å². The van der Waals surface area contributed by atoms with Crippen molar-refractivity contribution in [3.63, 3.8) is 0 Å². The molecule has 2 amide bonds. The first kappa shape index (κ1) is 22.0. The van der Waals surface area contributed by atoms with Gasteiger partial charge >= 0.3 is 5.97 Å². The SMILES string of the molecule is Cc1ccc(NC(=O)COC(=O)[C@@H](NC(=O)c2ccc(F)cc2)C(C)C)cc1F. The molecule has 1 atom stereocenters. The van der Waals surface area contributed by atoms with Crippen LogP contribution in [0.2, 0.25) is 0 Å². The largest absolute Gasteiger partial charge is 0.454 e. The van der Waals surface area contributed by atoms with Gasteiger partial charge in [0.15, 0.2) is 6.61 Å². The van der Waals surface area contributed by atoms with Crippen LogP contribution in [-0.4, -0.2) is 30.4 Å². The maximum atomic E-state index is 13.5. The average Bonchev–Trinajstić information content (AvgIpc) is 2.67. The topological polar surface area (TPSA) is 84.5 Å². The maximum absolute atomic E-state index is 13.5. The number of rotatable bonds is 7. The molecule has 0 aromatic heterocycles. The minimum Gasteiger partial charge on any atom is -0.454 e. The van der Waals surface area contributed by atoms with Crippen molar-refractivity contribution in [2.45, 2.75) is 26.8 Å². The number of halogens is 2. The number of hydrogen-bond acceptors (Lipinski definition) is 4.